The fraction of sp³-hybridized carbons (Fsp3) is 0.385. The second-order valence-electron chi connectivity index (χ2n) is 4.24. The Morgan fingerprint density at radius 1 is 1.47 bits per heavy atom. The van der Waals surface area contributed by atoms with Crippen LogP contribution in [0.1, 0.15) is 25.5 Å². The zero-order chi connectivity index (χ0) is 12.4. The van der Waals surface area contributed by atoms with E-state index in [0.717, 1.165) is 17.2 Å². The van der Waals surface area contributed by atoms with Crippen molar-refractivity contribution in [3.8, 4) is 0 Å². The van der Waals surface area contributed by atoms with Gasteiger partial charge in [-0.25, -0.2) is 0 Å². The van der Waals surface area contributed by atoms with Crippen LogP contribution in [-0.4, -0.2) is 20.8 Å². The number of aryl methyl sites for hydroxylation is 1. The van der Waals surface area contributed by atoms with Crippen LogP contribution in [0.4, 0.5) is 0 Å². The molecule has 1 aliphatic rings. The maximum Gasteiger partial charge on any atom is 0.163 e. The van der Waals surface area contributed by atoms with Gasteiger partial charge >= 0.3 is 0 Å². The standard InChI is InChI=1S/C13H18N4/c1-5-11(8-12-6-7-14-9(12)2)13-16-15-10(3)17(13)4/h5-9,14H,1-4H3/b11-5+,12-8-. The van der Waals surface area contributed by atoms with Gasteiger partial charge < -0.3 is 9.88 Å². The molecule has 0 spiro atoms. The summed E-state index contributed by atoms with van der Waals surface area (Å²) in [4.78, 5) is 0. The van der Waals surface area contributed by atoms with Crippen molar-refractivity contribution >= 4 is 5.57 Å². The fourth-order valence-electron chi connectivity index (χ4n) is 1.82. The summed E-state index contributed by atoms with van der Waals surface area (Å²) < 4.78 is 2.00. The van der Waals surface area contributed by atoms with Crippen LogP contribution in [0.25, 0.3) is 5.57 Å². The van der Waals surface area contributed by atoms with Crippen molar-refractivity contribution < 1.29 is 0 Å². The lowest BCUT2D eigenvalue weighted by atomic mass is 10.1. The SMILES string of the molecule is C/C=C(\C=C1\C=CNC1C)c1nnc(C)n1C. The van der Waals surface area contributed by atoms with Crippen LogP contribution < -0.4 is 5.32 Å². The molecule has 2 heterocycles. The lowest BCUT2D eigenvalue weighted by molar-refractivity contribution is 0.777. The normalized spacial score (nSPS) is 22.2. The molecule has 90 valence electrons. The molecule has 0 saturated heterocycles. The summed E-state index contributed by atoms with van der Waals surface area (Å²) in [6.07, 6.45) is 8.29. The lowest BCUT2D eigenvalue weighted by Gasteiger charge is -2.08. The van der Waals surface area contributed by atoms with Gasteiger partial charge in [0.25, 0.3) is 0 Å². The van der Waals surface area contributed by atoms with E-state index < -0.39 is 0 Å². The number of nitrogens with one attached hydrogen (secondary N) is 1. The summed E-state index contributed by atoms with van der Waals surface area (Å²) in [6, 6.07) is 0.360. The molecule has 1 aliphatic heterocycles. The second kappa shape index (κ2) is 4.57. The highest BCUT2D eigenvalue weighted by molar-refractivity contribution is 5.71. The molecule has 17 heavy (non-hydrogen) atoms. The molecule has 2 rings (SSSR count). The Bertz CT molecular complexity index is 505. The van der Waals surface area contributed by atoms with Gasteiger partial charge in [-0.05, 0) is 44.7 Å². The zero-order valence-corrected chi connectivity index (χ0v) is 10.7. The predicted octanol–water partition coefficient (Wildman–Crippen LogP) is 1.96. The molecule has 0 amide bonds. The topological polar surface area (TPSA) is 42.7 Å². The van der Waals surface area contributed by atoms with Crippen LogP contribution in [-0.2, 0) is 7.05 Å². The molecule has 0 bridgehead atoms. The van der Waals surface area contributed by atoms with Gasteiger partial charge in [0.2, 0.25) is 0 Å². The van der Waals surface area contributed by atoms with Crippen LogP contribution in [0.2, 0.25) is 0 Å². The molecule has 0 radical (unpaired) electrons. The van der Waals surface area contributed by atoms with Gasteiger partial charge in [0, 0.05) is 18.7 Å². The maximum atomic E-state index is 4.21. The Morgan fingerprint density at radius 2 is 2.24 bits per heavy atom. The van der Waals surface area contributed by atoms with Crippen LogP contribution in [0.15, 0.2) is 30.0 Å². The van der Waals surface area contributed by atoms with Gasteiger partial charge in [-0.15, -0.1) is 10.2 Å². The highest BCUT2D eigenvalue weighted by atomic mass is 15.3. The zero-order valence-electron chi connectivity index (χ0n) is 10.7. The molecule has 0 aliphatic carbocycles. The van der Waals surface area contributed by atoms with E-state index in [1.165, 1.54) is 5.57 Å². The summed E-state index contributed by atoms with van der Waals surface area (Å²) in [6.45, 7) is 6.12. The first-order valence-corrected chi connectivity index (χ1v) is 5.80. The van der Waals surface area contributed by atoms with Crippen molar-refractivity contribution in [1.82, 2.24) is 20.1 Å². The van der Waals surface area contributed by atoms with Gasteiger partial charge in [-0.1, -0.05) is 6.08 Å². The molecule has 1 aromatic heterocycles. The number of hydrogen-bond donors (Lipinski definition) is 1. The molecular weight excluding hydrogens is 212 g/mol. The Hall–Kier alpha value is -1.84. The summed E-state index contributed by atoms with van der Waals surface area (Å²) in [5.41, 5.74) is 2.36. The number of hydrogen-bond acceptors (Lipinski definition) is 3. The van der Waals surface area contributed by atoms with Crippen molar-refractivity contribution in [1.29, 1.82) is 0 Å². The minimum Gasteiger partial charge on any atom is -0.384 e. The summed E-state index contributed by atoms with van der Waals surface area (Å²) >= 11 is 0. The summed E-state index contributed by atoms with van der Waals surface area (Å²) in [5.74, 6) is 1.83. The molecule has 1 aromatic rings. The summed E-state index contributed by atoms with van der Waals surface area (Å²) in [7, 11) is 1.98. The van der Waals surface area contributed by atoms with E-state index in [9.17, 15) is 0 Å². The summed E-state index contributed by atoms with van der Waals surface area (Å²) in [5, 5.41) is 11.5. The van der Waals surface area contributed by atoms with Gasteiger partial charge in [-0.2, -0.15) is 0 Å². The minimum atomic E-state index is 0.360. The van der Waals surface area contributed by atoms with Gasteiger partial charge in [0.05, 0.1) is 0 Å². The van der Waals surface area contributed by atoms with Crippen molar-refractivity contribution in [3.63, 3.8) is 0 Å². The molecule has 0 fully saturated rings. The van der Waals surface area contributed by atoms with E-state index in [0.29, 0.717) is 6.04 Å². The van der Waals surface area contributed by atoms with Crippen molar-refractivity contribution in [2.75, 3.05) is 0 Å². The largest absolute Gasteiger partial charge is 0.384 e. The molecule has 0 aromatic carbocycles. The average molecular weight is 230 g/mol. The smallest absolute Gasteiger partial charge is 0.163 e. The first-order valence-electron chi connectivity index (χ1n) is 5.80. The Labute approximate surface area is 102 Å². The third kappa shape index (κ3) is 2.16. The molecule has 1 N–H and O–H groups in total. The van der Waals surface area contributed by atoms with E-state index in [2.05, 4.69) is 40.7 Å². The van der Waals surface area contributed by atoms with Gasteiger partial charge in [-0.3, -0.25) is 0 Å². The average Bonchev–Trinajstić information content (AvgIpc) is 2.85. The molecule has 1 unspecified atom stereocenters. The van der Waals surface area contributed by atoms with Gasteiger partial charge in [0.1, 0.15) is 5.82 Å². The van der Waals surface area contributed by atoms with E-state index in [1.54, 1.807) is 0 Å². The number of rotatable bonds is 2. The molecule has 1 atom stereocenters. The van der Waals surface area contributed by atoms with Crippen molar-refractivity contribution in [3.05, 3.63) is 41.6 Å². The van der Waals surface area contributed by atoms with Crippen LogP contribution >= 0.6 is 0 Å². The predicted molar refractivity (Wildman–Crippen MR) is 69.2 cm³/mol. The third-order valence-electron chi connectivity index (χ3n) is 3.11. The van der Waals surface area contributed by atoms with Crippen molar-refractivity contribution in [2.45, 2.75) is 26.8 Å². The molecule has 4 nitrogen and oxygen atoms in total. The third-order valence-corrected chi connectivity index (χ3v) is 3.11. The van der Waals surface area contributed by atoms with E-state index in [-0.39, 0.29) is 0 Å². The van der Waals surface area contributed by atoms with E-state index in [1.807, 2.05) is 31.7 Å². The Morgan fingerprint density at radius 3 is 2.71 bits per heavy atom. The number of aromatic nitrogens is 3. The first-order chi connectivity index (χ1) is 8.13. The van der Waals surface area contributed by atoms with Crippen LogP contribution in [0.5, 0.6) is 0 Å². The van der Waals surface area contributed by atoms with Crippen LogP contribution in [0, 0.1) is 6.92 Å². The molecule has 0 saturated carbocycles. The first kappa shape index (κ1) is 11.6. The van der Waals surface area contributed by atoms with Crippen LogP contribution in [0.3, 0.4) is 0 Å². The van der Waals surface area contributed by atoms with E-state index >= 15 is 0 Å². The second-order valence-corrected chi connectivity index (χ2v) is 4.24. The highest BCUT2D eigenvalue weighted by Gasteiger charge is 2.13. The Kier molecular flexibility index (Phi) is 3.13. The number of allylic oxidation sites excluding steroid dienone is 3. The lowest BCUT2D eigenvalue weighted by Crippen LogP contribution is -2.15. The number of nitrogens with zero attached hydrogens (tertiary/aromatic N) is 3. The molecular formula is C13H18N4. The van der Waals surface area contributed by atoms with Crippen molar-refractivity contribution in [2.24, 2.45) is 7.05 Å². The Balaban J connectivity index is 2.36. The van der Waals surface area contributed by atoms with Gasteiger partial charge in [0.15, 0.2) is 5.82 Å². The highest BCUT2D eigenvalue weighted by Crippen LogP contribution is 2.19. The fourth-order valence-corrected chi connectivity index (χ4v) is 1.82. The maximum absolute atomic E-state index is 4.21. The minimum absolute atomic E-state index is 0.360. The molecule has 4 heteroatoms. The monoisotopic (exact) mass is 230 g/mol. The van der Waals surface area contributed by atoms with E-state index in [4.69, 9.17) is 0 Å². The quantitative estimate of drug-likeness (QED) is 0.844.